The van der Waals surface area contributed by atoms with Crippen molar-refractivity contribution in [2.75, 3.05) is 21.3 Å². The van der Waals surface area contributed by atoms with E-state index < -0.39 is 0 Å². The highest BCUT2D eigenvalue weighted by Gasteiger charge is 2.16. The summed E-state index contributed by atoms with van der Waals surface area (Å²) in [5.74, 6) is 1.36. The number of rotatable bonds is 8. The Balaban J connectivity index is 1.73. The van der Waals surface area contributed by atoms with E-state index in [9.17, 15) is 4.79 Å². The van der Waals surface area contributed by atoms with Crippen LogP contribution in [0.3, 0.4) is 0 Å². The van der Waals surface area contributed by atoms with Crippen LogP contribution in [-0.2, 0) is 19.4 Å². The highest BCUT2D eigenvalue weighted by molar-refractivity contribution is 5.95. The largest absolute Gasteiger partial charge is 0.493 e. The Morgan fingerprint density at radius 2 is 1.48 bits per heavy atom. The van der Waals surface area contributed by atoms with Gasteiger partial charge in [-0.2, -0.15) is 0 Å². The van der Waals surface area contributed by atoms with E-state index in [0.717, 1.165) is 29.5 Å². The third kappa shape index (κ3) is 5.17. The Kier molecular flexibility index (Phi) is 6.90. The van der Waals surface area contributed by atoms with E-state index in [0.29, 0.717) is 18.0 Å². The van der Waals surface area contributed by atoms with Crippen molar-refractivity contribution in [3.8, 4) is 11.5 Å². The maximum absolute atomic E-state index is 13.1. The lowest BCUT2D eigenvalue weighted by Gasteiger charge is -2.20. The van der Waals surface area contributed by atoms with Gasteiger partial charge in [0.1, 0.15) is 0 Å². The van der Waals surface area contributed by atoms with Crippen LogP contribution in [0.25, 0.3) is 0 Å². The van der Waals surface area contributed by atoms with Crippen molar-refractivity contribution in [2.24, 2.45) is 0 Å². The zero-order chi connectivity index (χ0) is 20.6. The average Bonchev–Trinajstić information content (AvgIpc) is 2.78. The number of nitrogens with zero attached hydrogens (tertiary/aromatic N) is 1. The van der Waals surface area contributed by atoms with Crippen LogP contribution in [0.15, 0.2) is 72.8 Å². The molecule has 0 saturated heterocycles. The summed E-state index contributed by atoms with van der Waals surface area (Å²) in [6.07, 6.45) is 1.74. The monoisotopic (exact) mass is 389 g/mol. The van der Waals surface area contributed by atoms with Crippen LogP contribution in [0.5, 0.6) is 11.5 Å². The van der Waals surface area contributed by atoms with E-state index >= 15 is 0 Å². The van der Waals surface area contributed by atoms with Gasteiger partial charge < -0.3 is 14.4 Å². The van der Waals surface area contributed by atoms with E-state index in [-0.39, 0.29) is 5.91 Å². The molecule has 4 nitrogen and oxygen atoms in total. The topological polar surface area (TPSA) is 38.8 Å². The number of methoxy groups -OCH3 is 2. The van der Waals surface area contributed by atoms with Gasteiger partial charge in [0.25, 0.3) is 5.91 Å². The van der Waals surface area contributed by atoms with Crippen LogP contribution in [0.1, 0.15) is 27.0 Å². The maximum atomic E-state index is 13.1. The Hall–Kier alpha value is -3.27. The predicted molar refractivity (Wildman–Crippen MR) is 116 cm³/mol. The van der Waals surface area contributed by atoms with Gasteiger partial charge >= 0.3 is 0 Å². The number of hydrogen-bond acceptors (Lipinski definition) is 3. The van der Waals surface area contributed by atoms with Crippen molar-refractivity contribution in [1.82, 2.24) is 4.90 Å². The van der Waals surface area contributed by atoms with Crippen molar-refractivity contribution in [1.29, 1.82) is 0 Å². The number of carbonyl (C=O) groups is 1. The minimum atomic E-state index is 0.0171. The molecule has 0 fully saturated rings. The molecule has 0 heterocycles. The highest BCUT2D eigenvalue weighted by Crippen LogP contribution is 2.28. The number of carbonyl (C=O) groups excluding carboxylic acids is 1. The normalized spacial score (nSPS) is 10.4. The molecule has 0 spiro atoms. The molecule has 3 aromatic rings. The number of aryl methyl sites for hydroxylation is 2. The number of benzene rings is 3. The molecular formula is C25H27NO3. The molecule has 0 aliphatic heterocycles. The summed E-state index contributed by atoms with van der Waals surface area (Å²) in [7, 11) is 5.05. The minimum Gasteiger partial charge on any atom is -0.493 e. The molecule has 0 N–H and O–H groups in total. The van der Waals surface area contributed by atoms with Crippen LogP contribution in [0.4, 0.5) is 0 Å². The lowest BCUT2D eigenvalue weighted by Crippen LogP contribution is -2.27. The van der Waals surface area contributed by atoms with Crippen molar-refractivity contribution in [3.05, 3.63) is 95.1 Å². The fourth-order valence-electron chi connectivity index (χ4n) is 3.40. The number of ether oxygens (including phenoxy) is 2. The van der Waals surface area contributed by atoms with Gasteiger partial charge in [-0.3, -0.25) is 4.79 Å². The molecule has 0 saturated carbocycles. The first kappa shape index (κ1) is 20.5. The molecule has 0 atom stereocenters. The molecule has 0 bridgehead atoms. The van der Waals surface area contributed by atoms with E-state index in [1.54, 1.807) is 19.1 Å². The molecule has 3 aromatic carbocycles. The Bertz CT molecular complexity index is 953. The smallest absolute Gasteiger partial charge is 0.254 e. The van der Waals surface area contributed by atoms with Gasteiger partial charge in [-0.1, -0.05) is 54.6 Å². The first-order valence-electron chi connectivity index (χ1n) is 9.70. The van der Waals surface area contributed by atoms with Crippen LogP contribution >= 0.6 is 0 Å². The highest BCUT2D eigenvalue weighted by atomic mass is 16.5. The maximum Gasteiger partial charge on any atom is 0.254 e. The molecule has 4 heteroatoms. The van der Waals surface area contributed by atoms with Gasteiger partial charge in [0.05, 0.1) is 14.2 Å². The standard InChI is InChI=1S/C25H27NO3/c1-26(18-20-14-16-23(28-2)24(17-20)29-3)25(27)22-12-8-7-11-21(22)15-13-19-9-5-4-6-10-19/h4-12,14,16-17H,13,15,18H2,1-3H3. The van der Waals surface area contributed by atoms with Gasteiger partial charge in [0.2, 0.25) is 0 Å². The SMILES string of the molecule is COc1ccc(CN(C)C(=O)c2ccccc2CCc2ccccc2)cc1OC. The zero-order valence-electron chi connectivity index (χ0n) is 17.2. The van der Waals surface area contributed by atoms with Gasteiger partial charge in [-0.05, 0) is 47.7 Å². The first-order valence-corrected chi connectivity index (χ1v) is 9.70. The number of hydrogen-bond donors (Lipinski definition) is 0. The molecule has 0 aromatic heterocycles. The zero-order valence-corrected chi connectivity index (χ0v) is 17.2. The van der Waals surface area contributed by atoms with Gasteiger partial charge in [-0.25, -0.2) is 0 Å². The average molecular weight is 389 g/mol. The second-order valence-electron chi connectivity index (χ2n) is 6.99. The lowest BCUT2D eigenvalue weighted by atomic mass is 9.99. The van der Waals surface area contributed by atoms with E-state index in [4.69, 9.17) is 9.47 Å². The Labute approximate surface area is 172 Å². The van der Waals surface area contributed by atoms with Gasteiger partial charge in [-0.15, -0.1) is 0 Å². The molecule has 0 radical (unpaired) electrons. The molecule has 29 heavy (non-hydrogen) atoms. The van der Waals surface area contributed by atoms with Crippen LogP contribution in [0, 0.1) is 0 Å². The van der Waals surface area contributed by atoms with Crippen molar-refractivity contribution < 1.29 is 14.3 Å². The van der Waals surface area contributed by atoms with Crippen LogP contribution in [0.2, 0.25) is 0 Å². The van der Waals surface area contributed by atoms with Gasteiger partial charge in [0.15, 0.2) is 11.5 Å². The van der Waals surface area contributed by atoms with Crippen molar-refractivity contribution in [3.63, 3.8) is 0 Å². The predicted octanol–water partition coefficient (Wildman–Crippen LogP) is 4.76. The van der Waals surface area contributed by atoms with E-state index in [1.807, 2.05) is 67.7 Å². The summed E-state index contributed by atoms with van der Waals surface area (Å²) in [6, 6.07) is 23.9. The van der Waals surface area contributed by atoms with E-state index in [2.05, 4.69) is 12.1 Å². The third-order valence-corrected chi connectivity index (χ3v) is 4.99. The molecule has 0 aliphatic rings. The Morgan fingerprint density at radius 3 is 2.21 bits per heavy atom. The summed E-state index contributed by atoms with van der Waals surface area (Å²) in [6.45, 7) is 0.492. The quantitative estimate of drug-likeness (QED) is 0.557. The summed E-state index contributed by atoms with van der Waals surface area (Å²) in [4.78, 5) is 14.9. The fourth-order valence-corrected chi connectivity index (χ4v) is 3.40. The van der Waals surface area contributed by atoms with Crippen molar-refractivity contribution in [2.45, 2.75) is 19.4 Å². The minimum absolute atomic E-state index is 0.0171. The first-order chi connectivity index (χ1) is 14.1. The fraction of sp³-hybridized carbons (Fsp3) is 0.240. The molecule has 1 amide bonds. The van der Waals surface area contributed by atoms with Gasteiger partial charge in [0, 0.05) is 19.2 Å². The molecule has 3 rings (SSSR count). The summed E-state index contributed by atoms with van der Waals surface area (Å²) >= 11 is 0. The Morgan fingerprint density at radius 1 is 0.793 bits per heavy atom. The second kappa shape index (κ2) is 9.78. The third-order valence-electron chi connectivity index (χ3n) is 4.99. The number of amides is 1. The second-order valence-corrected chi connectivity index (χ2v) is 6.99. The molecular weight excluding hydrogens is 362 g/mol. The molecule has 150 valence electrons. The molecule has 0 unspecified atom stereocenters. The van der Waals surface area contributed by atoms with Crippen LogP contribution < -0.4 is 9.47 Å². The van der Waals surface area contributed by atoms with Crippen molar-refractivity contribution >= 4 is 5.91 Å². The summed E-state index contributed by atoms with van der Waals surface area (Å²) in [5, 5.41) is 0. The summed E-state index contributed by atoms with van der Waals surface area (Å²) < 4.78 is 10.7. The molecule has 0 aliphatic carbocycles. The summed E-state index contributed by atoms with van der Waals surface area (Å²) in [5.41, 5.74) is 4.08. The van der Waals surface area contributed by atoms with Crippen LogP contribution in [-0.4, -0.2) is 32.1 Å². The van der Waals surface area contributed by atoms with E-state index in [1.165, 1.54) is 5.56 Å². The lowest BCUT2D eigenvalue weighted by molar-refractivity contribution is 0.0784.